The van der Waals surface area contributed by atoms with Crippen LogP contribution in [-0.2, 0) is 0 Å². The van der Waals surface area contributed by atoms with Crippen molar-refractivity contribution in [1.82, 2.24) is 15.0 Å². The lowest BCUT2D eigenvalue weighted by Gasteiger charge is -1.99. The van der Waals surface area contributed by atoms with E-state index in [1.165, 1.54) is 11.3 Å². The molecule has 0 aromatic carbocycles. The summed E-state index contributed by atoms with van der Waals surface area (Å²) in [5, 5.41) is 1.91. The van der Waals surface area contributed by atoms with Crippen molar-refractivity contribution < 1.29 is 0 Å². The lowest BCUT2D eigenvalue weighted by molar-refractivity contribution is 1.10. The fourth-order valence-electron chi connectivity index (χ4n) is 0.923. The predicted octanol–water partition coefficient (Wildman–Crippen LogP) is 1.49. The predicted molar refractivity (Wildman–Crippen MR) is 52.3 cm³/mol. The molecule has 0 saturated heterocycles. The van der Waals surface area contributed by atoms with E-state index in [4.69, 9.17) is 5.73 Å². The average molecular weight is 192 g/mol. The highest BCUT2D eigenvalue weighted by atomic mass is 32.1. The number of nitrogens with two attached hydrogens (primary N) is 1. The Morgan fingerprint density at radius 1 is 1.38 bits per heavy atom. The van der Waals surface area contributed by atoms with Gasteiger partial charge in [0.15, 0.2) is 5.82 Å². The molecule has 66 valence electrons. The van der Waals surface area contributed by atoms with Gasteiger partial charge in [-0.15, -0.1) is 11.3 Å². The van der Waals surface area contributed by atoms with Crippen molar-refractivity contribution in [1.29, 1.82) is 0 Å². The zero-order chi connectivity index (χ0) is 9.26. The molecule has 2 rings (SSSR count). The number of anilines is 1. The summed E-state index contributed by atoms with van der Waals surface area (Å²) in [6.45, 7) is 1.85. The number of rotatable bonds is 1. The molecule has 2 heterocycles. The molecule has 0 spiro atoms. The minimum absolute atomic E-state index is 0.610. The van der Waals surface area contributed by atoms with E-state index in [0.29, 0.717) is 11.5 Å². The summed E-state index contributed by atoms with van der Waals surface area (Å²) in [5.74, 6) is 0.632. The molecule has 0 aliphatic rings. The van der Waals surface area contributed by atoms with E-state index in [0.717, 1.165) is 11.4 Å². The van der Waals surface area contributed by atoms with E-state index < -0.39 is 0 Å². The summed E-state index contributed by atoms with van der Waals surface area (Å²) in [7, 11) is 0. The van der Waals surface area contributed by atoms with Gasteiger partial charge in [0.25, 0.3) is 0 Å². The minimum atomic E-state index is 0.610. The zero-order valence-corrected chi connectivity index (χ0v) is 7.88. The smallest absolute Gasteiger partial charge is 0.179 e. The Labute approximate surface area is 79.5 Å². The minimum Gasteiger partial charge on any atom is -0.396 e. The fraction of sp³-hybridized carbons (Fsp3) is 0.125. The molecule has 0 amide bonds. The Hall–Kier alpha value is -1.49. The van der Waals surface area contributed by atoms with Crippen LogP contribution in [0.4, 0.5) is 5.69 Å². The third-order valence-corrected chi connectivity index (χ3v) is 2.27. The van der Waals surface area contributed by atoms with Crippen LogP contribution in [0.1, 0.15) is 5.69 Å². The number of nitrogens with zero attached hydrogens (tertiary/aromatic N) is 3. The molecular formula is C8H8N4S. The van der Waals surface area contributed by atoms with Crippen molar-refractivity contribution in [3.05, 3.63) is 22.8 Å². The molecule has 4 nitrogen and oxygen atoms in total. The molecule has 0 saturated carbocycles. The van der Waals surface area contributed by atoms with E-state index in [1.807, 2.05) is 12.3 Å². The molecule has 0 aliphatic heterocycles. The summed E-state index contributed by atoms with van der Waals surface area (Å²) < 4.78 is 0. The SMILES string of the molecule is Cc1nc(-c2cscn2)ncc1N. The van der Waals surface area contributed by atoms with Crippen molar-refractivity contribution >= 4 is 17.0 Å². The van der Waals surface area contributed by atoms with Gasteiger partial charge in [0.05, 0.1) is 23.1 Å². The van der Waals surface area contributed by atoms with Crippen molar-refractivity contribution in [2.75, 3.05) is 5.73 Å². The van der Waals surface area contributed by atoms with E-state index in [2.05, 4.69) is 15.0 Å². The lowest BCUT2D eigenvalue weighted by Crippen LogP contribution is -1.97. The second-order valence-corrected chi connectivity index (χ2v) is 3.33. The van der Waals surface area contributed by atoms with Crippen LogP contribution in [0.5, 0.6) is 0 Å². The molecule has 0 bridgehead atoms. The Balaban J connectivity index is 2.49. The number of aryl methyl sites for hydroxylation is 1. The van der Waals surface area contributed by atoms with Gasteiger partial charge in [-0.1, -0.05) is 0 Å². The Morgan fingerprint density at radius 2 is 2.23 bits per heavy atom. The van der Waals surface area contributed by atoms with E-state index in [-0.39, 0.29) is 0 Å². The number of aromatic nitrogens is 3. The van der Waals surface area contributed by atoms with Gasteiger partial charge in [0.1, 0.15) is 5.69 Å². The van der Waals surface area contributed by atoms with Crippen LogP contribution in [-0.4, -0.2) is 15.0 Å². The second kappa shape index (κ2) is 3.10. The van der Waals surface area contributed by atoms with Gasteiger partial charge in [-0.25, -0.2) is 15.0 Å². The molecule has 0 atom stereocenters. The van der Waals surface area contributed by atoms with Crippen molar-refractivity contribution in [3.8, 4) is 11.5 Å². The summed E-state index contributed by atoms with van der Waals surface area (Å²) in [5.41, 5.74) is 9.55. The topological polar surface area (TPSA) is 64.7 Å². The normalized spacial score (nSPS) is 10.2. The van der Waals surface area contributed by atoms with E-state index in [9.17, 15) is 0 Å². The highest BCUT2D eigenvalue weighted by molar-refractivity contribution is 7.07. The summed E-state index contributed by atoms with van der Waals surface area (Å²) in [6, 6.07) is 0. The van der Waals surface area contributed by atoms with Crippen LogP contribution in [0.15, 0.2) is 17.1 Å². The van der Waals surface area contributed by atoms with Gasteiger partial charge in [-0.05, 0) is 6.92 Å². The van der Waals surface area contributed by atoms with Crippen molar-refractivity contribution in [3.63, 3.8) is 0 Å². The monoisotopic (exact) mass is 192 g/mol. The average Bonchev–Trinajstić information content (AvgIpc) is 2.62. The molecule has 0 radical (unpaired) electrons. The largest absolute Gasteiger partial charge is 0.396 e. The number of hydrogen-bond donors (Lipinski definition) is 1. The van der Waals surface area contributed by atoms with Crippen LogP contribution in [0.25, 0.3) is 11.5 Å². The van der Waals surface area contributed by atoms with Crippen LogP contribution in [0, 0.1) is 6.92 Å². The first kappa shape index (κ1) is 8.12. The molecule has 0 aliphatic carbocycles. The molecule has 2 aromatic rings. The van der Waals surface area contributed by atoms with Crippen LogP contribution >= 0.6 is 11.3 Å². The van der Waals surface area contributed by atoms with E-state index in [1.54, 1.807) is 11.7 Å². The molecule has 5 heteroatoms. The maximum atomic E-state index is 5.60. The summed E-state index contributed by atoms with van der Waals surface area (Å²) >= 11 is 1.52. The lowest BCUT2D eigenvalue weighted by atomic mass is 10.3. The number of thiazole rings is 1. The second-order valence-electron chi connectivity index (χ2n) is 2.61. The van der Waals surface area contributed by atoms with Crippen LogP contribution in [0.2, 0.25) is 0 Å². The molecule has 0 fully saturated rings. The highest BCUT2D eigenvalue weighted by Crippen LogP contribution is 2.16. The molecule has 13 heavy (non-hydrogen) atoms. The van der Waals surface area contributed by atoms with E-state index >= 15 is 0 Å². The van der Waals surface area contributed by atoms with Gasteiger partial charge in [-0.2, -0.15) is 0 Å². The zero-order valence-electron chi connectivity index (χ0n) is 7.06. The van der Waals surface area contributed by atoms with Gasteiger partial charge in [0, 0.05) is 5.38 Å². The Kier molecular flexibility index (Phi) is 1.94. The van der Waals surface area contributed by atoms with Gasteiger partial charge in [0.2, 0.25) is 0 Å². The van der Waals surface area contributed by atoms with Crippen LogP contribution in [0.3, 0.4) is 0 Å². The number of nitrogen functional groups attached to an aromatic ring is 1. The summed E-state index contributed by atoms with van der Waals surface area (Å²) in [6.07, 6.45) is 1.61. The van der Waals surface area contributed by atoms with Crippen LogP contribution < -0.4 is 5.73 Å². The highest BCUT2D eigenvalue weighted by Gasteiger charge is 2.04. The molecule has 2 aromatic heterocycles. The Morgan fingerprint density at radius 3 is 2.85 bits per heavy atom. The van der Waals surface area contributed by atoms with Crippen molar-refractivity contribution in [2.45, 2.75) is 6.92 Å². The van der Waals surface area contributed by atoms with Crippen molar-refractivity contribution in [2.24, 2.45) is 0 Å². The first-order valence-corrected chi connectivity index (χ1v) is 4.69. The summed E-state index contributed by atoms with van der Waals surface area (Å²) in [4.78, 5) is 12.4. The van der Waals surface area contributed by atoms with Gasteiger partial charge >= 0.3 is 0 Å². The third-order valence-electron chi connectivity index (χ3n) is 1.68. The van der Waals surface area contributed by atoms with Gasteiger partial charge in [-0.3, -0.25) is 0 Å². The molecule has 2 N–H and O–H groups in total. The fourth-order valence-corrected chi connectivity index (χ4v) is 1.45. The first-order valence-electron chi connectivity index (χ1n) is 3.75. The standard InChI is InChI=1S/C8H8N4S/c1-5-6(9)2-10-8(12-5)7-3-13-4-11-7/h2-4H,9H2,1H3. The quantitative estimate of drug-likeness (QED) is 0.743. The Bertz CT molecular complexity index is 410. The molecular weight excluding hydrogens is 184 g/mol. The third kappa shape index (κ3) is 1.50. The van der Waals surface area contributed by atoms with Gasteiger partial charge < -0.3 is 5.73 Å². The molecule has 0 unspecified atom stereocenters. The maximum absolute atomic E-state index is 5.60. The maximum Gasteiger partial charge on any atom is 0.179 e. The first-order chi connectivity index (χ1) is 6.27. The number of hydrogen-bond acceptors (Lipinski definition) is 5.